The van der Waals surface area contributed by atoms with Crippen LogP contribution in [0.4, 0.5) is 0 Å². The summed E-state index contributed by atoms with van der Waals surface area (Å²) in [6.45, 7) is 4.83. The Hall–Kier alpha value is -2.11. The minimum absolute atomic E-state index is 0.254. The maximum Gasteiger partial charge on any atom is 0.174 e. The lowest BCUT2D eigenvalue weighted by Crippen LogP contribution is -2.06. The second-order valence-electron chi connectivity index (χ2n) is 5.94. The van der Waals surface area contributed by atoms with E-state index in [9.17, 15) is 0 Å². The second kappa shape index (κ2) is 6.42. The van der Waals surface area contributed by atoms with Gasteiger partial charge in [0.1, 0.15) is 5.65 Å². The van der Waals surface area contributed by atoms with Crippen LogP contribution in [0, 0.1) is 0 Å². The van der Waals surface area contributed by atoms with Gasteiger partial charge in [-0.15, -0.1) is 0 Å². The molecular weight excluding hydrogens is 318 g/mol. The number of ether oxygens (including phenoxy) is 1. The first-order valence-electron chi connectivity index (χ1n) is 8.14. The van der Waals surface area contributed by atoms with Gasteiger partial charge >= 0.3 is 0 Å². The lowest BCUT2D eigenvalue weighted by Gasteiger charge is -2.09. The van der Waals surface area contributed by atoms with Crippen LogP contribution in [0.3, 0.4) is 0 Å². The number of nitrogens with zero attached hydrogens (tertiary/aromatic N) is 3. The number of fused-ring (bicyclic) bond motifs is 5. The van der Waals surface area contributed by atoms with E-state index in [0.29, 0.717) is 6.61 Å². The summed E-state index contributed by atoms with van der Waals surface area (Å²) < 4.78 is 7.82. The van der Waals surface area contributed by atoms with E-state index in [4.69, 9.17) is 14.7 Å². The fraction of sp³-hybridized carbons (Fsp3) is 0.263. The number of hydrogen-bond donors (Lipinski definition) is 0. The van der Waals surface area contributed by atoms with Gasteiger partial charge in [-0.05, 0) is 38.1 Å². The lowest BCUT2D eigenvalue weighted by molar-refractivity contribution is 0.0920. The fourth-order valence-electron chi connectivity index (χ4n) is 2.83. The fourth-order valence-corrected chi connectivity index (χ4v) is 3.67. The van der Waals surface area contributed by atoms with Crippen LogP contribution < -0.4 is 0 Å². The van der Waals surface area contributed by atoms with Gasteiger partial charge in [0.05, 0.1) is 29.3 Å². The van der Waals surface area contributed by atoms with Crippen molar-refractivity contribution in [1.82, 2.24) is 14.4 Å². The van der Waals surface area contributed by atoms with Crippen molar-refractivity contribution < 1.29 is 4.74 Å². The zero-order chi connectivity index (χ0) is 16.5. The van der Waals surface area contributed by atoms with Gasteiger partial charge in [0.2, 0.25) is 0 Å². The molecule has 2 heterocycles. The predicted molar refractivity (Wildman–Crippen MR) is 99.8 cm³/mol. The number of hydrogen-bond acceptors (Lipinski definition) is 4. The second-order valence-corrected chi connectivity index (χ2v) is 7.00. The summed E-state index contributed by atoms with van der Waals surface area (Å²) in [7, 11) is 0. The standard InChI is InChI=1S/C19H19N3OS/c1-13(2)23-11-12-24-19-21-15-8-4-3-7-14(15)18-20-16-9-5-6-10-17(16)22(18)19/h3-10,13H,11-12H2,1-2H3. The minimum Gasteiger partial charge on any atom is -0.378 e. The van der Waals surface area contributed by atoms with Crippen molar-refractivity contribution in [3.63, 3.8) is 0 Å². The first-order chi connectivity index (χ1) is 11.7. The Kier molecular flexibility index (Phi) is 4.12. The van der Waals surface area contributed by atoms with E-state index in [1.165, 1.54) is 0 Å². The molecule has 2 aromatic carbocycles. The van der Waals surface area contributed by atoms with Gasteiger partial charge in [0.25, 0.3) is 0 Å². The van der Waals surface area contributed by atoms with Crippen molar-refractivity contribution in [2.45, 2.75) is 25.1 Å². The van der Waals surface area contributed by atoms with Gasteiger partial charge in [0.15, 0.2) is 5.16 Å². The van der Waals surface area contributed by atoms with Gasteiger partial charge in [-0.25, -0.2) is 9.97 Å². The van der Waals surface area contributed by atoms with E-state index in [2.05, 4.69) is 30.4 Å². The molecule has 0 fully saturated rings. The van der Waals surface area contributed by atoms with E-state index in [1.807, 2.05) is 36.4 Å². The number of imidazole rings is 1. The Bertz CT molecular complexity index is 1010. The average molecular weight is 337 g/mol. The predicted octanol–water partition coefficient (Wildman–Crippen LogP) is 4.55. The van der Waals surface area contributed by atoms with Crippen molar-refractivity contribution in [2.24, 2.45) is 0 Å². The normalized spacial score (nSPS) is 12.0. The Balaban J connectivity index is 1.86. The van der Waals surface area contributed by atoms with Crippen LogP contribution >= 0.6 is 11.8 Å². The van der Waals surface area contributed by atoms with Crippen LogP contribution in [0.5, 0.6) is 0 Å². The highest BCUT2D eigenvalue weighted by Gasteiger charge is 2.13. The van der Waals surface area contributed by atoms with Gasteiger partial charge in [-0.1, -0.05) is 36.0 Å². The number of rotatable bonds is 5. The summed E-state index contributed by atoms with van der Waals surface area (Å²) in [5.74, 6) is 0.866. The van der Waals surface area contributed by atoms with E-state index < -0.39 is 0 Å². The van der Waals surface area contributed by atoms with Crippen molar-refractivity contribution in [3.05, 3.63) is 48.5 Å². The maximum absolute atomic E-state index is 5.66. The highest BCUT2D eigenvalue weighted by Crippen LogP contribution is 2.28. The summed E-state index contributed by atoms with van der Waals surface area (Å²) in [5.41, 5.74) is 4.04. The smallest absolute Gasteiger partial charge is 0.174 e. The maximum atomic E-state index is 5.66. The molecule has 24 heavy (non-hydrogen) atoms. The van der Waals surface area contributed by atoms with Gasteiger partial charge < -0.3 is 4.74 Å². The van der Waals surface area contributed by atoms with E-state index in [-0.39, 0.29) is 6.10 Å². The molecule has 0 aliphatic rings. The third-order valence-corrected chi connectivity index (χ3v) is 4.78. The quantitative estimate of drug-likeness (QED) is 0.304. The van der Waals surface area contributed by atoms with E-state index in [0.717, 1.165) is 38.5 Å². The SMILES string of the molecule is CC(C)OCCSc1nc2ccccc2c2nc3ccccc3n12. The highest BCUT2D eigenvalue weighted by atomic mass is 32.2. The molecule has 4 aromatic rings. The molecule has 0 saturated heterocycles. The molecule has 0 aliphatic carbocycles. The molecular formula is C19H19N3OS. The van der Waals surface area contributed by atoms with Gasteiger partial charge in [-0.3, -0.25) is 4.40 Å². The molecule has 5 heteroatoms. The van der Waals surface area contributed by atoms with Crippen molar-refractivity contribution >= 4 is 39.3 Å². The molecule has 0 radical (unpaired) electrons. The average Bonchev–Trinajstić information content (AvgIpc) is 2.98. The largest absolute Gasteiger partial charge is 0.378 e. The molecule has 0 amide bonds. The molecule has 0 bridgehead atoms. The van der Waals surface area contributed by atoms with Gasteiger partial charge in [-0.2, -0.15) is 0 Å². The summed E-state index contributed by atoms with van der Waals surface area (Å²) in [6, 6.07) is 16.4. The summed E-state index contributed by atoms with van der Waals surface area (Å²) >= 11 is 1.71. The van der Waals surface area contributed by atoms with Crippen LogP contribution in [0.15, 0.2) is 53.7 Å². The van der Waals surface area contributed by atoms with Crippen LogP contribution in [0.1, 0.15) is 13.8 Å². The van der Waals surface area contributed by atoms with E-state index in [1.54, 1.807) is 11.8 Å². The first-order valence-corrected chi connectivity index (χ1v) is 9.13. The van der Waals surface area contributed by atoms with Crippen LogP contribution in [0.2, 0.25) is 0 Å². The lowest BCUT2D eigenvalue weighted by atomic mass is 10.2. The Morgan fingerprint density at radius 2 is 1.75 bits per heavy atom. The Morgan fingerprint density at radius 3 is 2.58 bits per heavy atom. The monoisotopic (exact) mass is 337 g/mol. The van der Waals surface area contributed by atoms with Crippen LogP contribution in [-0.4, -0.2) is 32.8 Å². The number of aromatic nitrogens is 3. The topological polar surface area (TPSA) is 39.4 Å². The number of thioether (sulfide) groups is 1. The third kappa shape index (κ3) is 2.74. The number of para-hydroxylation sites is 3. The molecule has 0 spiro atoms. The summed E-state index contributed by atoms with van der Waals surface area (Å²) in [6.07, 6.45) is 0.254. The van der Waals surface area contributed by atoms with Crippen molar-refractivity contribution in [2.75, 3.05) is 12.4 Å². The molecule has 2 aromatic heterocycles. The highest BCUT2D eigenvalue weighted by molar-refractivity contribution is 7.99. The van der Waals surface area contributed by atoms with Crippen LogP contribution in [0.25, 0.3) is 27.6 Å². The van der Waals surface area contributed by atoms with Crippen LogP contribution in [-0.2, 0) is 4.74 Å². The zero-order valence-corrected chi connectivity index (χ0v) is 14.6. The molecule has 0 saturated carbocycles. The van der Waals surface area contributed by atoms with Gasteiger partial charge in [0, 0.05) is 11.1 Å². The molecule has 0 N–H and O–H groups in total. The summed E-state index contributed by atoms with van der Waals surface area (Å²) in [4.78, 5) is 9.71. The molecule has 0 atom stereocenters. The number of benzene rings is 2. The molecule has 122 valence electrons. The zero-order valence-electron chi connectivity index (χ0n) is 13.8. The Morgan fingerprint density at radius 1 is 1.00 bits per heavy atom. The van der Waals surface area contributed by atoms with Crippen molar-refractivity contribution in [1.29, 1.82) is 0 Å². The molecule has 4 rings (SSSR count). The Labute approximate surface area is 144 Å². The molecule has 0 unspecified atom stereocenters. The molecule has 4 nitrogen and oxygen atoms in total. The van der Waals surface area contributed by atoms with Crippen molar-refractivity contribution in [3.8, 4) is 0 Å². The first kappa shape index (κ1) is 15.4. The summed E-state index contributed by atoms with van der Waals surface area (Å²) in [5, 5.41) is 2.04. The third-order valence-electron chi connectivity index (χ3n) is 3.88. The molecule has 0 aliphatic heterocycles. The van der Waals surface area contributed by atoms with E-state index >= 15 is 0 Å². The minimum atomic E-state index is 0.254.